The molecule has 0 aromatic heterocycles. The zero-order chi connectivity index (χ0) is 12.8. The highest BCUT2D eigenvalue weighted by molar-refractivity contribution is 5.99. The number of carbonyl (C=O) groups is 1. The van der Waals surface area contributed by atoms with Gasteiger partial charge in [0.15, 0.2) is 5.71 Å². The third kappa shape index (κ3) is 1.36. The Morgan fingerprint density at radius 1 is 1.39 bits per heavy atom. The second kappa shape index (κ2) is 3.94. The molecule has 1 aliphatic carbocycles. The molecule has 0 bridgehead atoms. The zero-order valence-electron chi connectivity index (χ0n) is 10.6. The molecule has 0 amide bonds. The van der Waals surface area contributed by atoms with Gasteiger partial charge in [-0.05, 0) is 25.0 Å². The van der Waals surface area contributed by atoms with Crippen LogP contribution in [-0.4, -0.2) is 28.8 Å². The summed E-state index contributed by atoms with van der Waals surface area (Å²) in [5.41, 5.74) is 1.52. The third-order valence-corrected chi connectivity index (χ3v) is 4.69. The van der Waals surface area contributed by atoms with Crippen molar-refractivity contribution >= 4 is 11.7 Å². The maximum absolute atomic E-state index is 11.6. The van der Waals surface area contributed by atoms with Crippen LogP contribution < -0.4 is 5.11 Å². The van der Waals surface area contributed by atoms with Gasteiger partial charge in [-0.25, -0.2) is 4.58 Å². The first-order valence-electron chi connectivity index (χ1n) is 6.53. The minimum Gasteiger partial charge on any atom is -0.543 e. The maximum Gasteiger partial charge on any atom is 0.205 e. The average Bonchev–Trinajstić information content (AvgIpc) is 2.90. The summed E-state index contributed by atoms with van der Waals surface area (Å²) in [5.74, 6) is -0.693. The number of carbonyl (C=O) groups excluding carboxylic acids is 1. The van der Waals surface area contributed by atoms with Crippen molar-refractivity contribution in [2.24, 2.45) is 5.92 Å². The lowest BCUT2D eigenvalue weighted by Crippen LogP contribution is -2.55. The van der Waals surface area contributed by atoms with Crippen molar-refractivity contribution in [1.82, 2.24) is 0 Å². The summed E-state index contributed by atoms with van der Waals surface area (Å²) in [6.07, 6.45) is 3.56. The number of likely N-dealkylation sites (N-methyl/N-ethyl adjacent to an activating group) is 1. The predicted molar refractivity (Wildman–Crippen MR) is 66.4 cm³/mol. The SMILES string of the molecule is C[N+]1=C(c2ccccc2)C[C@@H]2CCC[C@@]21C(=O)[O-]. The summed E-state index contributed by atoms with van der Waals surface area (Å²) in [5, 5.41) is 11.6. The molecule has 3 nitrogen and oxygen atoms in total. The lowest BCUT2D eigenvalue weighted by atomic mass is 9.87. The molecular weight excluding hydrogens is 226 g/mol. The summed E-state index contributed by atoms with van der Waals surface area (Å²) < 4.78 is 1.97. The van der Waals surface area contributed by atoms with Crippen LogP contribution in [0.25, 0.3) is 0 Å². The van der Waals surface area contributed by atoms with Crippen LogP contribution in [0.5, 0.6) is 0 Å². The fraction of sp³-hybridized carbons (Fsp3) is 0.467. The van der Waals surface area contributed by atoms with Gasteiger partial charge >= 0.3 is 0 Å². The van der Waals surface area contributed by atoms with Gasteiger partial charge < -0.3 is 9.90 Å². The predicted octanol–water partition coefficient (Wildman–Crippen LogP) is 0.810. The van der Waals surface area contributed by atoms with Crippen LogP contribution in [0.4, 0.5) is 0 Å². The molecule has 0 N–H and O–H groups in total. The first kappa shape index (κ1) is 11.5. The van der Waals surface area contributed by atoms with E-state index < -0.39 is 11.5 Å². The first-order valence-corrected chi connectivity index (χ1v) is 6.53. The molecule has 0 unspecified atom stereocenters. The Hall–Kier alpha value is -1.64. The summed E-state index contributed by atoms with van der Waals surface area (Å²) in [6, 6.07) is 10.1. The highest BCUT2D eigenvalue weighted by atomic mass is 16.4. The maximum atomic E-state index is 11.6. The molecular formula is C15H17NO2. The minimum absolute atomic E-state index is 0.211. The molecule has 1 heterocycles. The van der Waals surface area contributed by atoms with Crippen molar-refractivity contribution in [2.45, 2.75) is 31.2 Å². The Labute approximate surface area is 107 Å². The van der Waals surface area contributed by atoms with E-state index in [9.17, 15) is 9.90 Å². The van der Waals surface area contributed by atoms with Crippen LogP contribution in [0.2, 0.25) is 0 Å². The topological polar surface area (TPSA) is 43.1 Å². The normalized spacial score (nSPS) is 30.6. The second-order valence-corrected chi connectivity index (χ2v) is 5.38. The lowest BCUT2D eigenvalue weighted by molar-refractivity contribution is -0.576. The van der Waals surface area contributed by atoms with Crippen LogP contribution in [0.15, 0.2) is 30.3 Å². The molecule has 1 aromatic rings. The zero-order valence-corrected chi connectivity index (χ0v) is 10.6. The van der Waals surface area contributed by atoms with Crippen molar-refractivity contribution in [2.75, 3.05) is 7.05 Å². The lowest BCUT2D eigenvalue weighted by Gasteiger charge is -2.26. The van der Waals surface area contributed by atoms with Crippen molar-refractivity contribution < 1.29 is 14.5 Å². The number of carboxylic acids is 1. The Kier molecular flexibility index (Phi) is 2.51. The highest BCUT2D eigenvalue weighted by Crippen LogP contribution is 2.45. The molecule has 94 valence electrons. The largest absolute Gasteiger partial charge is 0.543 e. The van der Waals surface area contributed by atoms with Gasteiger partial charge in [0.25, 0.3) is 0 Å². The average molecular weight is 243 g/mol. The highest BCUT2D eigenvalue weighted by Gasteiger charge is 2.58. The third-order valence-electron chi connectivity index (χ3n) is 4.69. The number of nitrogens with zero attached hydrogens (tertiary/aromatic N) is 1. The minimum atomic E-state index is -0.904. The number of benzene rings is 1. The van der Waals surface area contributed by atoms with E-state index in [4.69, 9.17) is 0 Å². The molecule has 0 saturated heterocycles. The fourth-order valence-electron chi connectivity index (χ4n) is 3.73. The van der Waals surface area contributed by atoms with Crippen molar-refractivity contribution in [1.29, 1.82) is 0 Å². The van der Waals surface area contributed by atoms with Gasteiger partial charge in [0.1, 0.15) is 13.0 Å². The second-order valence-electron chi connectivity index (χ2n) is 5.38. The number of hydrogen-bond donors (Lipinski definition) is 0. The molecule has 1 fully saturated rings. The van der Waals surface area contributed by atoms with Crippen LogP contribution in [-0.2, 0) is 4.79 Å². The van der Waals surface area contributed by atoms with E-state index in [1.54, 1.807) is 0 Å². The molecule has 3 heteroatoms. The number of carboxylic acid groups (broad SMARTS) is 1. The smallest absolute Gasteiger partial charge is 0.205 e. The molecule has 2 aliphatic rings. The standard InChI is InChI=1S/C15H17NO2/c1-16-13(11-6-3-2-4-7-11)10-12-8-5-9-15(12,16)14(17)18/h2-4,6-7,12H,5,8-10H2,1H3/t12-,15-/m0/s1. The first-order chi connectivity index (χ1) is 8.66. The van der Waals surface area contributed by atoms with Crippen LogP contribution in [0.1, 0.15) is 31.2 Å². The Morgan fingerprint density at radius 3 is 2.72 bits per heavy atom. The quantitative estimate of drug-likeness (QED) is 0.721. The molecule has 2 atom stereocenters. The molecule has 1 aliphatic heterocycles. The van der Waals surface area contributed by atoms with Gasteiger partial charge in [-0.3, -0.25) is 0 Å². The van der Waals surface area contributed by atoms with Crippen LogP contribution in [0, 0.1) is 5.92 Å². The van der Waals surface area contributed by atoms with Crippen molar-refractivity contribution in [3.63, 3.8) is 0 Å². The van der Waals surface area contributed by atoms with Gasteiger partial charge in [-0.15, -0.1) is 0 Å². The van der Waals surface area contributed by atoms with Gasteiger partial charge in [0, 0.05) is 24.3 Å². The monoisotopic (exact) mass is 243 g/mol. The van der Waals surface area contributed by atoms with E-state index in [1.165, 1.54) is 0 Å². The molecule has 1 saturated carbocycles. The number of fused-ring (bicyclic) bond motifs is 1. The van der Waals surface area contributed by atoms with E-state index >= 15 is 0 Å². The Morgan fingerprint density at radius 2 is 2.11 bits per heavy atom. The van der Waals surface area contributed by atoms with Crippen LogP contribution in [0.3, 0.4) is 0 Å². The molecule has 0 radical (unpaired) electrons. The van der Waals surface area contributed by atoms with Crippen molar-refractivity contribution in [3.8, 4) is 0 Å². The summed E-state index contributed by atoms with van der Waals surface area (Å²) >= 11 is 0. The van der Waals surface area contributed by atoms with Crippen molar-refractivity contribution in [3.05, 3.63) is 35.9 Å². The molecule has 0 spiro atoms. The number of aliphatic carboxylic acids is 1. The number of hydrogen-bond acceptors (Lipinski definition) is 2. The molecule has 3 rings (SSSR count). The Balaban J connectivity index is 2.10. The summed E-state index contributed by atoms with van der Waals surface area (Å²) in [6.45, 7) is 0. The van der Waals surface area contributed by atoms with E-state index in [0.717, 1.165) is 30.5 Å². The number of rotatable bonds is 2. The fourth-order valence-corrected chi connectivity index (χ4v) is 3.73. The van der Waals surface area contributed by atoms with E-state index in [0.29, 0.717) is 6.42 Å². The van der Waals surface area contributed by atoms with Gasteiger partial charge in [-0.1, -0.05) is 18.2 Å². The van der Waals surface area contributed by atoms with Gasteiger partial charge in [-0.2, -0.15) is 0 Å². The Bertz CT molecular complexity index is 521. The van der Waals surface area contributed by atoms with Gasteiger partial charge in [0.05, 0.1) is 0 Å². The summed E-state index contributed by atoms with van der Waals surface area (Å²) in [7, 11) is 1.91. The summed E-state index contributed by atoms with van der Waals surface area (Å²) in [4.78, 5) is 11.6. The van der Waals surface area contributed by atoms with E-state index in [-0.39, 0.29) is 5.92 Å². The van der Waals surface area contributed by atoms with E-state index in [1.807, 2.05) is 29.8 Å². The molecule has 1 aromatic carbocycles. The van der Waals surface area contributed by atoms with E-state index in [2.05, 4.69) is 12.1 Å². The van der Waals surface area contributed by atoms with Gasteiger partial charge in [0.2, 0.25) is 5.54 Å². The molecule has 18 heavy (non-hydrogen) atoms. The van der Waals surface area contributed by atoms with Crippen LogP contribution >= 0.6 is 0 Å².